The number of nitrogens with zero attached hydrogens (tertiary/aromatic N) is 1. The minimum Gasteiger partial charge on any atom is -0.481 e. The summed E-state index contributed by atoms with van der Waals surface area (Å²) >= 11 is 0. The van der Waals surface area contributed by atoms with Crippen LogP contribution in [-0.2, 0) is 22.5 Å². The van der Waals surface area contributed by atoms with Crippen molar-refractivity contribution < 1.29 is 14.6 Å². The molecule has 2 rings (SSSR count). The number of hydrogen-bond donors (Lipinski definition) is 1. The van der Waals surface area contributed by atoms with Gasteiger partial charge in [-0.25, -0.2) is 0 Å². The van der Waals surface area contributed by atoms with Crippen molar-refractivity contribution in [2.45, 2.75) is 19.9 Å². The molecule has 0 atom stereocenters. The fourth-order valence-electron chi connectivity index (χ4n) is 2.30. The van der Waals surface area contributed by atoms with Crippen molar-refractivity contribution in [2.75, 3.05) is 13.7 Å². The molecule has 0 amide bonds. The number of aromatic nitrogens is 1. The highest BCUT2D eigenvalue weighted by Crippen LogP contribution is 2.19. The van der Waals surface area contributed by atoms with Crippen LogP contribution < -0.4 is 5.56 Å². The highest BCUT2D eigenvalue weighted by atomic mass is 16.5. The fraction of sp³-hybridized carbons (Fsp3) is 0.294. The van der Waals surface area contributed by atoms with Gasteiger partial charge in [-0.3, -0.25) is 9.59 Å². The molecule has 0 unspecified atom stereocenters. The van der Waals surface area contributed by atoms with Gasteiger partial charge in [0.2, 0.25) is 0 Å². The van der Waals surface area contributed by atoms with E-state index in [1.54, 1.807) is 23.8 Å². The lowest BCUT2D eigenvalue weighted by molar-refractivity contribution is -0.136. The first kappa shape index (κ1) is 16.0. The van der Waals surface area contributed by atoms with Crippen molar-refractivity contribution in [3.05, 3.63) is 57.9 Å². The largest absolute Gasteiger partial charge is 0.481 e. The second kappa shape index (κ2) is 7.04. The normalized spacial score (nSPS) is 10.6. The van der Waals surface area contributed by atoms with Crippen molar-refractivity contribution in [3.8, 4) is 11.3 Å². The SMILES string of the molecule is COCCn1c(-c2ccc(C)cc2)ccc(CC(=O)O)c1=O. The van der Waals surface area contributed by atoms with Crippen LogP contribution in [0.25, 0.3) is 11.3 Å². The summed E-state index contributed by atoms with van der Waals surface area (Å²) < 4.78 is 6.63. The van der Waals surface area contributed by atoms with E-state index < -0.39 is 5.97 Å². The first-order valence-electron chi connectivity index (χ1n) is 7.03. The van der Waals surface area contributed by atoms with Crippen LogP contribution in [0.3, 0.4) is 0 Å². The van der Waals surface area contributed by atoms with Crippen LogP contribution in [0.15, 0.2) is 41.2 Å². The zero-order valence-corrected chi connectivity index (χ0v) is 12.7. The van der Waals surface area contributed by atoms with Crippen molar-refractivity contribution in [2.24, 2.45) is 0 Å². The molecule has 0 spiro atoms. The maximum atomic E-state index is 12.5. The molecule has 5 nitrogen and oxygen atoms in total. The molecular formula is C17H19NO4. The van der Waals surface area contributed by atoms with Crippen LogP contribution in [0.1, 0.15) is 11.1 Å². The van der Waals surface area contributed by atoms with Crippen molar-refractivity contribution in [3.63, 3.8) is 0 Å². The molecule has 0 bridgehead atoms. The number of aliphatic carboxylic acids is 1. The number of ether oxygens (including phenoxy) is 1. The Labute approximate surface area is 128 Å². The number of carbonyl (C=O) groups is 1. The molecule has 0 saturated carbocycles. The molecule has 1 heterocycles. The van der Waals surface area contributed by atoms with E-state index >= 15 is 0 Å². The summed E-state index contributed by atoms with van der Waals surface area (Å²) in [4.78, 5) is 23.4. The Hall–Kier alpha value is -2.40. The van der Waals surface area contributed by atoms with Gasteiger partial charge < -0.3 is 14.4 Å². The van der Waals surface area contributed by atoms with E-state index in [9.17, 15) is 9.59 Å². The van der Waals surface area contributed by atoms with Crippen molar-refractivity contribution in [1.82, 2.24) is 4.57 Å². The predicted octanol–water partition coefficient (Wildman–Crippen LogP) is 2.10. The number of benzene rings is 1. The summed E-state index contributed by atoms with van der Waals surface area (Å²) in [5, 5.41) is 8.90. The average Bonchev–Trinajstić information content (AvgIpc) is 2.48. The number of carboxylic acids is 1. The average molecular weight is 301 g/mol. The zero-order chi connectivity index (χ0) is 16.1. The monoisotopic (exact) mass is 301 g/mol. The number of methoxy groups -OCH3 is 1. The number of hydrogen-bond acceptors (Lipinski definition) is 3. The smallest absolute Gasteiger partial charge is 0.308 e. The third kappa shape index (κ3) is 3.62. The van der Waals surface area contributed by atoms with Crippen LogP contribution in [0.2, 0.25) is 0 Å². The summed E-state index contributed by atoms with van der Waals surface area (Å²) in [5.74, 6) is -1.02. The zero-order valence-electron chi connectivity index (χ0n) is 12.7. The quantitative estimate of drug-likeness (QED) is 0.887. The summed E-state index contributed by atoms with van der Waals surface area (Å²) in [6, 6.07) is 11.2. The number of rotatable bonds is 6. The van der Waals surface area contributed by atoms with Crippen molar-refractivity contribution in [1.29, 1.82) is 0 Å². The predicted molar refractivity (Wildman–Crippen MR) is 84.1 cm³/mol. The molecule has 0 aliphatic carbocycles. The molecule has 0 fully saturated rings. The van der Waals surface area contributed by atoms with E-state index in [4.69, 9.17) is 9.84 Å². The fourth-order valence-corrected chi connectivity index (χ4v) is 2.30. The maximum Gasteiger partial charge on any atom is 0.308 e. The van der Waals surface area contributed by atoms with Crippen LogP contribution in [0, 0.1) is 6.92 Å². The van der Waals surface area contributed by atoms with Gasteiger partial charge in [0.25, 0.3) is 5.56 Å². The van der Waals surface area contributed by atoms with Crippen LogP contribution in [-0.4, -0.2) is 29.4 Å². The molecule has 116 valence electrons. The summed E-state index contributed by atoms with van der Waals surface area (Å²) in [5.41, 5.74) is 2.81. The lowest BCUT2D eigenvalue weighted by atomic mass is 10.1. The van der Waals surface area contributed by atoms with E-state index in [2.05, 4.69) is 0 Å². The van der Waals surface area contributed by atoms with E-state index in [0.717, 1.165) is 16.8 Å². The Bertz CT molecular complexity index is 716. The van der Waals surface area contributed by atoms with Gasteiger partial charge in [0, 0.05) is 19.2 Å². The molecule has 0 saturated heterocycles. The van der Waals surface area contributed by atoms with Crippen LogP contribution >= 0.6 is 0 Å². The number of aryl methyl sites for hydroxylation is 1. The maximum absolute atomic E-state index is 12.5. The van der Waals surface area contributed by atoms with E-state index in [1.807, 2.05) is 31.2 Å². The summed E-state index contributed by atoms with van der Waals surface area (Å²) in [6.45, 7) is 2.76. The Kier molecular flexibility index (Phi) is 5.12. The first-order valence-corrected chi connectivity index (χ1v) is 7.03. The molecule has 0 radical (unpaired) electrons. The molecular weight excluding hydrogens is 282 g/mol. The Morgan fingerprint density at radius 3 is 2.45 bits per heavy atom. The lowest BCUT2D eigenvalue weighted by Gasteiger charge is -2.14. The molecule has 1 N–H and O–H groups in total. The van der Waals surface area contributed by atoms with Crippen LogP contribution in [0.5, 0.6) is 0 Å². The molecule has 0 aliphatic rings. The van der Waals surface area contributed by atoms with Gasteiger partial charge >= 0.3 is 5.97 Å². The standard InChI is InChI=1S/C17H19NO4/c1-12-3-5-13(6-4-12)15-8-7-14(11-16(19)20)17(21)18(15)9-10-22-2/h3-8H,9-11H2,1-2H3,(H,19,20). The molecule has 5 heteroatoms. The lowest BCUT2D eigenvalue weighted by Crippen LogP contribution is -2.28. The third-order valence-corrected chi connectivity index (χ3v) is 3.46. The first-order chi connectivity index (χ1) is 10.5. The second-order valence-corrected chi connectivity index (χ2v) is 5.13. The van der Waals surface area contributed by atoms with E-state index in [1.165, 1.54) is 0 Å². The third-order valence-electron chi connectivity index (χ3n) is 3.46. The van der Waals surface area contributed by atoms with Gasteiger partial charge in [-0.1, -0.05) is 35.9 Å². The second-order valence-electron chi connectivity index (χ2n) is 5.13. The van der Waals surface area contributed by atoms with Gasteiger partial charge in [0.1, 0.15) is 0 Å². The molecule has 2 aromatic rings. The Morgan fingerprint density at radius 1 is 1.18 bits per heavy atom. The Morgan fingerprint density at radius 2 is 1.86 bits per heavy atom. The Balaban J connectivity index is 2.52. The van der Waals surface area contributed by atoms with Gasteiger partial charge in [-0.05, 0) is 18.6 Å². The minimum absolute atomic E-state index is 0.277. The van der Waals surface area contributed by atoms with Gasteiger partial charge in [0.05, 0.1) is 18.7 Å². The molecule has 0 aliphatic heterocycles. The number of pyridine rings is 1. The van der Waals surface area contributed by atoms with Crippen molar-refractivity contribution >= 4 is 5.97 Å². The van der Waals surface area contributed by atoms with Gasteiger partial charge in [-0.2, -0.15) is 0 Å². The highest BCUT2D eigenvalue weighted by Gasteiger charge is 2.12. The number of carboxylic acid groups (broad SMARTS) is 1. The summed E-state index contributed by atoms with van der Waals surface area (Å²) in [7, 11) is 1.57. The van der Waals surface area contributed by atoms with E-state index in [-0.39, 0.29) is 17.5 Å². The summed E-state index contributed by atoms with van der Waals surface area (Å²) in [6.07, 6.45) is -0.278. The topological polar surface area (TPSA) is 68.5 Å². The highest BCUT2D eigenvalue weighted by molar-refractivity contribution is 5.70. The van der Waals surface area contributed by atoms with Crippen LogP contribution in [0.4, 0.5) is 0 Å². The molecule has 1 aromatic heterocycles. The van der Waals surface area contributed by atoms with Gasteiger partial charge in [0.15, 0.2) is 0 Å². The minimum atomic E-state index is -1.02. The molecule has 1 aromatic carbocycles. The van der Waals surface area contributed by atoms with E-state index in [0.29, 0.717) is 13.2 Å². The van der Waals surface area contributed by atoms with Gasteiger partial charge in [-0.15, -0.1) is 0 Å². The molecule has 22 heavy (non-hydrogen) atoms.